The Bertz CT molecular complexity index is 1100. The number of aryl methyl sites for hydroxylation is 1. The van der Waals surface area contributed by atoms with Crippen LogP contribution in [0.5, 0.6) is 0 Å². The number of fused-ring (bicyclic) bond motifs is 3. The van der Waals surface area contributed by atoms with Crippen LogP contribution in [0.2, 0.25) is 0 Å². The largest absolute Gasteiger partial charge is 0.326 e. The van der Waals surface area contributed by atoms with Crippen molar-refractivity contribution in [3.05, 3.63) is 54.1 Å². The summed E-state index contributed by atoms with van der Waals surface area (Å²) in [6.07, 6.45) is 5.58. The molecule has 1 aliphatic heterocycles. The number of hydrogen-bond donors (Lipinski definition) is 1. The Morgan fingerprint density at radius 2 is 1.80 bits per heavy atom. The molecule has 2 aromatic carbocycles. The molecule has 0 spiro atoms. The minimum atomic E-state index is -0.556. The van der Waals surface area contributed by atoms with Gasteiger partial charge in [-0.05, 0) is 44.0 Å². The molecule has 154 valence electrons. The summed E-state index contributed by atoms with van der Waals surface area (Å²) in [4.78, 5) is 33.0. The lowest BCUT2D eigenvalue weighted by Crippen LogP contribution is -2.41. The number of imidazole rings is 1. The molecule has 5 rings (SSSR count). The smallest absolute Gasteiger partial charge is 0.253 e. The van der Waals surface area contributed by atoms with E-state index >= 15 is 0 Å². The van der Waals surface area contributed by atoms with Gasteiger partial charge in [0.05, 0.1) is 17.5 Å². The van der Waals surface area contributed by atoms with E-state index in [1.165, 1.54) is 6.42 Å². The molecule has 2 aliphatic rings. The van der Waals surface area contributed by atoms with Gasteiger partial charge in [0.2, 0.25) is 11.9 Å². The third kappa shape index (κ3) is 3.26. The zero-order valence-corrected chi connectivity index (χ0v) is 17.2. The summed E-state index contributed by atoms with van der Waals surface area (Å²) in [6, 6.07) is 15.2. The minimum Gasteiger partial charge on any atom is -0.326 e. The van der Waals surface area contributed by atoms with Gasteiger partial charge in [0.1, 0.15) is 6.04 Å². The molecule has 1 saturated carbocycles. The molecule has 6 heteroatoms. The molecule has 1 aliphatic carbocycles. The summed E-state index contributed by atoms with van der Waals surface area (Å²) in [5.74, 6) is 0.530. The SMILES string of the molecule is Cc1ccc(NC(=O)C[C@H]2C(=O)N(C3CCCCC3)c3nc4ccccc4n32)cc1. The Morgan fingerprint density at radius 3 is 2.57 bits per heavy atom. The first kappa shape index (κ1) is 18.9. The van der Waals surface area contributed by atoms with Crippen molar-refractivity contribution in [1.29, 1.82) is 0 Å². The van der Waals surface area contributed by atoms with Gasteiger partial charge in [-0.15, -0.1) is 0 Å². The van der Waals surface area contributed by atoms with E-state index in [0.29, 0.717) is 5.95 Å². The standard InChI is InChI=1S/C24H26N4O2/c1-16-11-13-17(14-12-16)25-22(29)15-21-23(30)27(18-7-3-2-4-8-18)24-26-19-9-5-6-10-20(19)28(21)24/h5-6,9-14,18,21H,2-4,7-8,15H2,1H3,(H,25,29)/t21-/m0/s1. The fourth-order valence-corrected chi connectivity index (χ4v) is 4.76. The fourth-order valence-electron chi connectivity index (χ4n) is 4.76. The highest BCUT2D eigenvalue weighted by atomic mass is 16.2. The van der Waals surface area contributed by atoms with Crippen LogP contribution in [-0.2, 0) is 9.59 Å². The number of carbonyl (C=O) groups is 2. The van der Waals surface area contributed by atoms with E-state index in [1.54, 1.807) is 0 Å². The van der Waals surface area contributed by atoms with Gasteiger partial charge in [-0.1, -0.05) is 49.1 Å². The van der Waals surface area contributed by atoms with Crippen LogP contribution in [0.25, 0.3) is 11.0 Å². The highest BCUT2D eigenvalue weighted by molar-refractivity contribution is 6.05. The van der Waals surface area contributed by atoms with Crippen LogP contribution in [0.15, 0.2) is 48.5 Å². The molecule has 1 atom stereocenters. The van der Waals surface area contributed by atoms with Crippen molar-refractivity contribution in [3.8, 4) is 0 Å². The number of amides is 2. The van der Waals surface area contributed by atoms with E-state index in [0.717, 1.165) is 48.0 Å². The van der Waals surface area contributed by atoms with E-state index in [2.05, 4.69) is 5.32 Å². The molecule has 1 N–H and O–H groups in total. The Labute approximate surface area is 175 Å². The molecule has 2 amide bonds. The maximum Gasteiger partial charge on any atom is 0.253 e. The van der Waals surface area contributed by atoms with Gasteiger partial charge in [-0.3, -0.25) is 19.1 Å². The normalized spacial score (nSPS) is 19.3. The lowest BCUT2D eigenvalue weighted by atomic mass is 9.94. The van der Waals surface area contributed by atoms with Crippen LogP contribution < -0.4 is 10.2 Å². The van der Waals surface area contributed by atoms with Crippen LogP contribution in [0.1, 0.15) is 50.1 Å². The van der Waals surface area contributed by atoms with Crippen molar-refractivity contribution < 1.29 is 9.59 Å². The first-order valence-corrected chi connectivity index (χ1v) is 10.8. The highest BCUT2D eigenvalue weighted by Crippen LogP contribution is 2.40. The van der Waals surface area contributed by atoms with Gasteiger partial charge in [-0.25, -0.2) is 4.98 Å². The molecule has 0 saturated heterocycles. The third-order valence-corrected chi connectivity index (χ3v) is 6.28. The van der Waals surface area contributed by atoms with Gasteiger partial charge >= 0.3 is 0 Å². The first-order valence-electron chi connectivity index (χ1n) is 10.8. The molecule has 0 radical (unpaired) electrons. The molecule has 2 heterocycles. The molecule has 1 fully saturated rings. The monoisotopic (exact) mass is 402 g/mol. The van der Waals surface area contributed by atoms with Gasteiger partial charge in [0.25, 0.3) is 5.91 Å². The first-order chi connectivity index (χ1) is 14.6. The predicted octanol–water partition coefficient (Wildman–Crippen LogP) is 4.59. The van der Waals surface area contributed by atoms with E-state index < -0.39 is 6.04 Å². The third-order valence-electron chi connectivity index (χ3n) is 6.28. The average Bonchev–Trinajstić information content (AvgIpc) is 3.25. The van der Waals surface area contributed by atoms with Gasteiger partial charge in [0, 0.05) is 11.7 Å². The number of para-hydroxylation sites is 2. The maximum atomic E-state index is 13.5. The molecule has 30 heavy (non-hydrogen) atoms. The molecule has 0 bridgehead atoms. The molecule has 3 aromatic rings. The van der Waals surface area contributed by atoms with Crippen molar-refractivity contribution in [3.63, 3.8) is 0 Å². The number of nitrogens with zero attached hydrogens (tertiary/aromatic N) is 3. The van der Waals surface area contributed by atoms with Crippen LogP contribution in [0, 0.1) is 6.92 Å². The van der Waals surface area contributed by atoms with E-state index in [9.17, 15) is 9.59 Å². The summed E-state index contributed by atoms with van der Waals surface area (Å²) >= 11 is 0. The highest BCUT2D eigenvalue weighted by Gasteiger charge is 2.44. The lowest BCUT2D eigenvalue weighted by Gasteiger charge is -2.30. The number of aromatic nitrogens is 2. The second-order valence-electron chi connectivity index (χ2n) is 8.40. The fraction of sp³-hybridized carbons (Fsp3) is 0.375. The van der Waals surface area contributed by atoms with Gasteiger partial charge < -0.3 is 5.32 Å². The zero-order valence-electron chi connectivity index (χ0n) is 17.2. The van der Waals surface area contributed by atoms with Crippen LogP contribution in [-0.4, -0.2) is 27.4 Å². The Morgan fingerprint density at radius 1 is 1.07 bits per heavy atom. The van der Waals surface area contributed by atoms with Gasteiger partial charge in [0.15, 0.2) is 0 Å². The number of anilines is 2. The average molecular weight is 402 g/mol. The molecular weight excluding hydrogens is 376 g/mol. The van der Waals surface area contributed by atoms with E-state index in [-0.39, 0.29) is 24.3 Å². The lowest BCUT2D eigenvalue weighted by molar-refractivity contribution is -0.125. The van der Waals surface area contributed by atoms with Crippen molar-refractivity contribution in [2.45, 2.75) is 57.5 Å². The van der Waals surface area contributed by atoms with E-state index in [4.69, 9.17) is 4.98 Å². The second-order valence-corrected chi connectivity index (χ2v) is 8.40. The number of carbonyl (C=O) groups excluding carboxylic acids is 2. The molecule has 0 unspecified atom stereocenters. The zero-order chi connectivity index (χ0) is 20.7. The summed E-state index contributed by atoms with van der Waals surface area (Å²) < 4.78 is 1.97. The summed E-state index contributed by atoms with van der Waals surface area (Å²) in [5, 5.41) is 2.94. The van der Waals surface area contributed by atoms with Crippen molar-refractivity contribution in [2.75, 3.05) is 10.2 Å². The molecular formula is C24H26N4O2. The minimum absolute atomic E-state index is 0.00536. The number of nitrogens with one attached hydrogen (secondary N) is 1. The predicted molar refractivity (Wildman–Crippen MR) is 118 cm³/mol. The maximum absolute atomic E-state index is 13.5. The number of hydrogen-bond acceptors (Lipinski definition) is 3. The Hall–Kier alpha value is -3.15. The Kier molecular flexibility index (Phi) is 4.77. The Balaban J connectivity index is 1.46. The number of rotatable bonds is 4. The molecule has 1 aromatic heterocycles. The number of benzene rings is 2. The quantitative estimate of drug-likeness (QED) is 0.694. The van der Waals surface area contributed by atoms with Crippen LogP contribution in [0.4, 0.5) is 11.6 Å². The second kappa shape index (κ2) is 7.59. The van der Waals surface area contributed by atoms with Crippen molar-refractivity contribution in [1.82, 2.24) is 9.55 Å². The molecule has 6 nitrogen and oxygen atoms in total. The van der Waals surface area contributed by atoms with Gasteiger partial charge in [-0.2, -0.15) is 0 Å². The van der Waals surface area contributed by atoms with E-state index in [1.807, 2.05) is 64.9 Å². The summed E-state index contributed by atoms with van der Waals surface area (Å²) in [7, 11) is 0. The van der Waals surface area contributed by atoms with Crippen molar-refractivity contribution >= 4 is 34.5 Å². The topological polar surface area (TPSA) is 67.2 Å². The van der Waals surface area contributed by atoms with Crippen LogP contribution in [0.3, 0.4) is 0 Å². The summed E-state index contributed by atoms with van der Waals surface area (Å²) in [6.45, 7) is 2.01. The van der Waals surface area contributed by atoms with Crippen molar-refractivity contribution in [2.24, 2.45) is 0 Å². The summed E-state index contributed by atoms with van der Waals surface area (Å²) in [5.41, 5.74) is 3.66. The van der Waals surface area contributed by atoms with Crippen LogP contribution >= 0.6 is 0 Å².